The first-order valence-corrected chi connectivity index (χ1v) is 9.10. The van der Waals surface area contributed by atoms with Gasteiger partial charge in [-0.2, -0.15) is 5.10 Å². The summed E-state index contributed by atoms with van der Waals surface area (Å²) in [7, 11) is 1.54. The third kappa shape index (κ3) is 4.78. The molecule has 2 aromatic heterocycles. The first-order chi connectivity index (χ1) is 14.0. The van der Waals surface area contributed by atoms with Crippen molar-refractivity contribution < 1.29 is 19.1 Å². The maximum absolute atomic E-state index is 12.6. The van der Waals surface area contributed by atoms with Gasteiger partial charge in [0.2, 0.25) is 0 Å². The quantitative estimate of drug-likeness (QED) is 0.619. The molecule has 1 aromatic carbocycles. The maximum Gasteiger partial charge on any atom is 0.342 e. The van der Waals surface area contributed by atoms with E-state index >= 15 is 0 Å². The number of nitrogens with one attached hydrogen (secondary N) is 1. The number of pyridine rings is 1. The van der Waals surface area contributed by atoms with Crippen molar-refractivity contribution in [2.24, 2.45) is 0 Å². The van der Waals surface area contributed by atoms with Gasteiger partial charge in [-0.3, -0.25) is 4.79 Å². The van der Waals surface area contributed by atoms with Gasteiger partial charge in [0.1, 0.15) is 11.3 Å². The first kappa shape index (κ1) is 20.1. The van der Waals surface area contributed by atoms with Crippen LogP contribution in [0.4, 0.5) is 5.69 Å². The van der Waals surface area contributed by atoms with Crippen LogP contribution in [0.2, 0.25) is 0 Å². The maximum atomic E-state index is 12.6. The molecule has 1 amide bonds. The Bertz CT molecular complexity index is 999. The summed E-state index contributed by atoms with van der Waals surface area (Å²) in [5.41, 5.74) is 1.53. The number of methoxy groups -OCH3 is 1. The van der Waals surface area contributed by atoms with E-state index < -0.39 is 18.5 Å². The van der Waals surface area contributed by atoms with E-state index in [9.17, 15) is 9.59 Å². The lowest BCUT2D eigenvalue weighted by Gasteiger charge is -2.12. The minimum Gasteiger partial charge on any atom is -0.497 e. The second kappa shape index (κ2) is 9.01. The molecule has 0 aliphatic heterocycles. The molecule has 0 radical (unpaired) electrons. The molecule has 0 unspecified atom stereocenters. The van der Waals surface area contributed by atoms with Crippen molar-refractivity contribution in [2.75, 3.05) is 19.0 Å². The average molecular weight is 394 g/mol. The summed E-state index contributed by atoms with van der Waals surface area (Å²) in [4.78, 5) is 29.0. The van der Waals surface area contributed by atoms with Crippen LogP contribution in [0.1, 0.15) is 35.8 Å². The summed E-state index contributed by atoms with van der Waals surface area (Å²) in [5, 5.41) is 6.95. The van der Waals surface area contributed by atoms with Crippen LogP contribution in [-0.2, 0) is 9.53 Å². The molecule has 0 aliphatic carbocycles. The molecule has 0 aliphatic rings. The molecule has 150 valence electrons. The standard InChI is InChI=1S/C21H22N4O4/c1-14(2)20-17(12-23-25(20)18-9-4-5-10-22-18)21(27)29-13-19(26)24-15-7-6-8-16(11-15)28-3/h4-12,14H,13H2,1-3H3,(H,24,26). The number of ether oxygens (including phenoxy) is 2. The van der Waals surface area contributed by atoms with Gasteiger partial charge in [0.15, 0.2) is 12.4 Å². The highest BCUT2D eigenvalue weighted by atomic mass is 16.5. The smallest absolute Gasteiger partial charge is 0.342 e. The largest absolute Gasteiger partial charge is 0.497 e. The van der Waals surface area contributed by atoms with E-state index in [1.807, 2.05) is 19.9 Å². The highest BCUT2D eigenvalue weighted by Gasteiger charge is 2.23. The van der Waals surface area contributed by atoms with Gasteiger partial charge in [-0.25, -0.2) is 14.5 Å². The van der Waals surface area contributed by atoms with Crippen molar-refractivity contribution in [1.82, 2.24) is 14.8 Å². The van der Waals surface area contributed by atoms with Gasteiger partial charge in [-0.1, -0.05) is 26.0 Å². The molecule has 0 fully saturated rings. The molecule has 0 saturated carbocycles. The van der Waals surface area contributed by atoms with Crippen molar-refractivity contribution >= 4 is 17.6 Å². The number of rotatable bonds is 7. The summed E-state index contributed by atoms with van der Waals surface area (Å²) in [6, 6.07) is 12.4. The summed E-state index contributed by atoms with van der Waals surface area (Å²) >= 11 is 0. The second-order valence-electron chi connectivity index (χ2n) is 6.55. The Morgan fingerprint density at radius 3 is 2.69 bits per heavy atom. The number of hydrogen-bond acceptors (Lipinski definition) is 6. The second-order valence-corrected chi connectivity index (χ2v) is 6.55. The minimum atomic E-state index is -0.614. The normalized spacial score (nSPS) is 10.6. The Morgan fingerprint density at radius 2 is 2.00 bits per heavy atom. The number of benzene rings is 1. The fourth-order valence-corrected chi connectivity index (χ4v) is 2.84. The molecular formula is C21H22N4O4. The molecule has 0 atom stereocenters. The minimum absolute atomic E-state index is 0.00679. The molecule has 3 aromatic rings. The van der Waals surface area contributed by atoms with Crippen LogP contribution < -0.4 is 10.1 Å². The number of hydrogen-bond donors (Lipinski definition) is 1. The van der Waals surface area contributed by atoms with Crippen LogP contribution >= 0.6 is 0 Å². The van der Waals surface area contributed by atoms with Crippen LogP contribution in [0, 0.1) is 0 Å². The average Bonchev–Trinajstić information content (AvgIpc) is 3.18. The molecule has 0 spiro atoms. The Kier molecular flexibility index (Phi) is 6.23. The van der Waals surface area contributed by atoms with Crippen LogP contribution in [0.5, 0.6) is 5.75 Å². The third-order valence-electron chi connectivity index (χ3n) is 4.13. The molecule has 2 heterocycles. The Hall–Kier alpha value is -3.68. The Labute approximate surface area is 168 Å². The van der Waals surface area contributed by atoms with Gasteiger partial charge in [-0.05, 0) is 30.2 Å². The molecule has 1 N–H and O–H groups in total. The van der Waals surface area contributed by atoms with E-state index in [2.05, 4.69) is 15.4 Å². The molecule has 3 rings (SSSR count). The number of esters is 1. The van der Waals surface area contributed by atoms with E-state index in [0.29, 0.717) is 28.5 Å². The predicted molar refractivity (Wildman–Crippen MR) is 107 cm³/mol. The Morgan fingerprint density at radius 1 is 1.17 bits per heavy atom. The molecular weight excluding hydrogens is 372 g/mol. The van der Waals surface area contributed by atoms with E-state index in [0.717, 1.165) is 0 Å². The van der Waals surface area contributed by atoms with Crippen molar-refractivity contribution in [2.45, 2.75) is 19.8 Å². The topological polar surface area (TPSA) is 95.3 Å². The lowest BCUT2D eigenvalue weighted by atomic mass is 10.1. The number of amides is 1. The first-order valence-electron chi connectivity index (χ1n) is 9.10. The Balaban J connectivity index is 1.69. The van der Waals surface area contributed by atoms with Crippen LogP contribution in [0.15, 0.2) is 54.9 Å². The van der Waals surface area contributed by atoms with Gasteiger partial charge < -0.3 is 14.8 Å². The van der Waals surface area contributed by atoms with Gasteiger partial charge in [0.05, 0.1) is 19.0 Å². The molecule has 0 saturated heterocycles. The number of carbonyl (C=O) groups excluding carboxylic acids is 2. The highest BCUT2D eigenvalue weighted by molar-refractivity contribution is 5.96. The van der Waals surface area contributed by atoms with Gasteiger partial charge in [0.25, 0.3) is 5.91 Å². The number of carbonyl (C=O) groups is 2. The number of nitrogens with zero attached hydrogens (tertiary/aromatic N) is 3. The van der Waals surface area contributed by atoms with E-state index in [-0.39, 0.29) is 5.92 Å². The third-order valence-corrected chi connectivity index (χ3v) is 4.13. The van der Waals surface area contributed by atoms with Crippen molar-refractivity contribution in [1.29, 1.82) is 0 Å². The van der Waals surface area contributed by atoms with Crippen molar-refractivity contribution in [3.63, 3.8) is 0 Å². The number of aromatic nitrogens is 3. The van der Waals surface area contributed by atoms with Gasteiger partial charge >= 0.3 is 5.97 Å². The zero-order valence-electron chi connectivity index (χ0n) is 16.5. The zero-order chi connectivity index (χ0) is 20.8. The lowest BCUT2D eigenvalue weighted by molar-refractivity contribution is -0.119. The molecule has 29 heavy (non-hydrogen) atoms. The van der Waals surface area contributed by atoms with Crippen molar-refractivity contribution in [3.05, 3.63) is 66.1 Å². The molecule has 8 heteroatoms. The number of anilines is 1. The summed E-state index contributed by atoms with van der Waals surface area (Å²) < 4.78 is 11.9. The van der Waals surface area contributed by atoms with Crippen LogP contribution in [0.3, 0.4) is 0 Å². The highest BCUT2D eigenvalue weighted by Crippen LogP contribution is 2.23. The monoisotopic (exact) mass is 394 g/mol. The summed E-state index contributed by atoms with van der Waals surface area (Å²) in [6.07, 6.45) is 3.09. The van der Waals surface area contributed by atoms with Gasteiger partial charge in [-0.15, -0.1) is 0 Å². The van der Waals surface area contributed by atoms with Gasteiger partial charge in [0, 0.05) is 18.0 Å². The van der Waals surface area contributed by atoms with E-state index in [1.54, 1.807) is 54.4 Å². The SMILES string of the molecule is COc1cccc(NC(=O)COC(=O)c2cnn(-c3ccccn3)c2C(C)C)c1. The van der Waals surface area contributed by atoms with Crippen LogP contribution in [0.25, 0.3) is 5.82 Å². The van der Waals surface area contributed by atoms with Crippen molar-refractivity contribution in [3.8, 4) is 11.6 Å². The molecule has 8 nitrogen and oxygen atoms in total. The van der Waals surface area contributed by atoms with E-state index in [1.165, 1.54) is 6.20 Å². The summed E-state index contributed by atoms with van der Waals surface area (Å²) in [5.74, 6) is 0.147. The zero-order valence-corrected chi connectivity index (χ0v) is 16.5. The van der Waals surface area contributed by atoms with Crippen LogP contribution in [-0.4, -0.2) is 40.4 Å². The lowest BCUT2D eigenvalue weighted by Crippen LogP contribution is -2.21. The van der Waals surface area contributed by atoms with E-state index in [4.69, 9.17) is 9.47 Å². The predicted octanol–water partition coefficient (Wildman–Crippen LogP) is 3.19. The summed E-state index contributed by atoms with van der Waals surface area (Å²) in [6.45, 7) is 3.48. The molecule has 0 bridgehead atoms. The fraction of sp³-hybridized carbons (Fsp3) is 0.238. The fourth-order valence-electron chi connectivity index (χ4n) is 2.84.